The third-order valence-corrected chi connectivity index (χ3v) is 2.92. The number of thiophene rings is 1. The monoisotopic (exact) mass is 264 g/mol. The number of amides is 1. The number of carbonyl (C=O) groups excluding carboxylic acids is 1. The van der Waals surface area contributed by atoms with E-state index in [4.69, 9.17) is 0 Å². The molecule has 0 saturated heterocycles. The molecule has 2 rings (SSSR count). The summed E-state index contributed by atoms with van der Waals surface area (Å²) in [6.07, 6.45) is 0. The van der Waals surface area contributed by atoms with Crippen LogP contribution in [0.25, 0.3) is 0 Å². The van der Waals surface area contributed by atoms with Gasteiger partial charge in [-0.15, -0.1) is 0 Å². The lowest BCUT2D eigenvalue weighted by atomic mass is 10.1. The van der Waals surface area contributed by atoms with Crippen molar-refractivity contribution in [1.82, 2.24) is 0 Å². The van der Waals surface area contributed by atoms with Crippen molar-refractivity contribution in [3.63, 3.8) is 0 Å². The van der Waals surface area contributed by atoms with Crippen LogP contribution in [0.5, 0.6) is 5.75 Å². The summed E-state index contributed by atoms with van der Waals surface area (Å²) < 4.78 is 0. The van der Waals surface area contributed by atoms with E-state index >= 15 is 0 Å². The van der Waals surface area contributed by atoms with Crippen molar-refractivity contribution in [3.8, 4) is 5.75 Å². The Morgan fingerprint density at radius 1 is 1.39 bits per heavy atom. The Morgan fingerprint density at radius 3 is 2.78 bits per heavy atom. The van der Waals surface area contributed by atoms with Crippen LogP contribution >= 0.6 is 11.3 Å². The number of para-hydroxylation sites is 1. The standard InChI is InChI=1S/C11H8N2O4S/c14-10-8(2-1-3-9(10)13(16)17)11(15)12-7-4-5-18-6-7/h1-6,14H,(H,12,15). The Balaban J connectivity index is 2.31. The average Bonchev–Trinajstić information content (AvgIpc) is 2.81. The Kier molecular flexibility index (Phi) is 3.24. The van der Waals surface area contributed by atoms with E-state index in [-0.39, 0.29) is 5.56 Å². The van der Waals surface area contributed by atoms with Crippen LogP contribution in [0.4, 0.5) is 11.4 Å². The van der Waals surface area contributed by atoms with Gasteiger partial charge in [0.25, 0.3) is 5.91 Å². The summed E-state index contributed by atoms with van der Waals surface area (Å²) in [7, 11) is 0. The van der Waals surface area contributed by atoms with Crippen molar-refractivity contribution in [2.24, 2.45) is 0 Å². The van der Waals surface area contributed by atoms with Crippen LogP contribution in [-0.4, -0.2) is 15.9 Å². The zero-order chi connectivity index (χ0) is 13.1. The summed E-state index contributed by atoms with van der Waals surface area (Å²) in [5.41, 5.74) is -0.0423. The summed E-state index contributed by atoms with van der Waals surface area (Å²) in [5, 5.41) is 26.3. The molecule has 0 aliphatic rings. The van der Waals surface area contributed by atoms with E-state index in [1.54, 1.807) is 16.8 Å². The molecule has 0 aliphatic carbocycles. The lowest BCUT2D eigenvalue weighted by molar-refractivity contribution is -0.385. The first kappa shape index (κ1) is 12.1. The third-order valence-electron chi connectivity index (χ3n) is 2.24. The summed E-state index contributed by atoms with van der Waals surface area (Å²) in [6.45, 7) is 0. The number of nitro groups is 1. The second-order valence-electron chi connectivity index (χ2n) is 3.40. The molecule has 0 radical (unpaired) electrons. The maximum Gasteiger partial charge on any atom is 0.311 e. The van der Waals surface area contributed by atoms with E-state index in [1.807, 2.05) is 0 Å². The molecule has 0 bridgehead atoms. The Hall–Kier alpha value is -2.41. The van der Waals surface area contributed by atoms with Crippen molar-refractivity contribution in [1.29, 1.82) is 0 Å². The molecule has 2 N–H and O–H groups in total. The van der Waals surface area contributed by atoms with Gasteiger partial charge >= 0.3 is 5.69 Å². The largest absolute Gasteiger partial charge is 0.502 e. The quantitative estimate of drug-likeness (QED) is 0.658. The Bertz CT molecular complexity index is 595. The first-order valence-electron chi connectivity index (χ1n) is 4.89. The highest BCUT2D eigenvalue weighted by Gasteiger charge is 2.20. The van der Waals surface area contributed by atoms with E-state index in [2.05, 4.69) is 5.32 Å². The first-order valence-corrected chi connectivity index (χ1v) is 5.84. The van der Waals surface area contributed by atoms with E-state index < -0.39 is 22.3 Å². The molecule has 1 amide bonds. The van der Waals surface area contributed by atoms with Gasteiger partial charge in [-0.25, -0.2) is 0 Å². The molecule has 0 atom stereocenters. The third kappa shape index (κ3) is 2.30. The normalized spacial score (nSPS) is 10.0. The van der Waals surface area contributed by atoms with Crippen LogP contribution in [0.3, 0.4) is 0 Å². The van der Waals surface area contributed by atoms with Gasteiger partial charge in [0.1, 0.15) is 0 Å². The highest BCUT2D eigenvalue weighted by molar-refractivity contribution is 7.08. The zero-order valence-electron chi connectivity index (χ0n) is 8.99. The molecular weight excluding hydrogens is 256 g/mol. The van der Waals surface area contributed by atoms with Crippen LogP contribution < -0.4 is 5.32 Å². The smallest absolute Gasteiger partial charge is 0.311 e. The zero-order valence-corrected chi connectivity index (χ0v) is 9.81. The molecule has 0 saturated carbocycles. The Labute approximate surface area is 106 Å². The van der Waals surface area contributed by atoms with Crippen molar-refractivity contribution in [2.75, 3.05) is 5.32 Å². The number of hydrogen-bond acceptors (Lipinski definition) is 5. The number of rotatable bonds is 3. The van der Waals surface area contributed by atoms with Gasteiger partial charge in [-0.3, -0.25) is 14.9 Å². The fourth-order valence-electron chi connectivity index (χ4n) is 1.40. The van der Waals surface area contributed by atoms with E-state index in [9.17, 15) is 20.0 Å². The molecule has 1 aromatic carbocycles. The molecule has 92 valence electrons. The van der Waals surface area contributed by atoms with Crippen LogP contribution in [0.2, 0.25) is 0 Å². The second-order valence-corrected chi connectivity index (χ2v) is 4.18. The van der Waals surface area contributed by atoms with Gasteiger partial charge in [-0.1, -0.05) is 6.07 Å². The van der Waals surface area contributed by atoms with Crippen molar-refractivity contribution >= 4 is 28.6 Å². The number of nitrogens with one attached hydrogen (secondary N) is 1. The van der Waals surface area contributed by atoms with Gasteiger partial charge in [0.2, 0.25) is 5.75 Å². The minimum Gasteiger partial charge on any atom is -0.502 e. The van der Waals surface area contributed by atoms with Crippen molar-refractivity contribution in [2.45, 2.75) is 0 Å². The molecule has 0 spiro atoms. The predicted molar refractivity (Wildman–Crippen MR) is 67.0 cm³/mol. The van der Waals surface area contributed by atoms with Crippen molar-refractivity contribution < 1.29 is 14.8 Å². The molecular formula is C11H8N2O4S. The maximum absolute atomic E-state index is 11.8. The molecule has 1 heterocycles. The fraction of sp³-hybridized carbons (Fsp3) is 0. The minimum absolute atomic E-state index is 0.129. The van der Waals surface area contributed by atoms with Crippen LogP contribution in [0, 0.1) is 10.1 Å². The lowest BCUT2D eigenvalue weighted by Gasteiger charge is -2.05. The number of aromatic hydroxyl groups is 1. The first-order chi connectivity index (χ1) is 8.59. The number of phenols is 1. The molecule has 6 nitrogen and oxygen atoms in total. The van der Waals surface area contributed by atoms with Gasteiger partial charge in [0.05, 0.1) is 16.2 Å². The summed E-state index contributed by atoms with van der Waals surface area (Å²) in [4.78, 5) is 21.7. The van der Waals surface area contributed by atoms with E-state index in [0.717, 1.165) is 6.07 Å². The molecule has 2 aromatic rings. The van der Waals surface area contributed by atoms with E-state index in [0.29, 0.717) is 5.69 Å². The molecule has 0 unspecified atom stereocenters. The van der Waals surface area contributed by atoms with E-state index in [1.165, 1.54) is 23.5 Å². The topological polar surface area (TPSA) is 92.5 Å². The maximum atomic E-state index is 11.8. The summed E-state index contributed by atoms with van der Waals surface area (Å²) in [5.74, 6) is -1.22. The van der Waals surface area contributed by atoms with Crippen LogP contribution in [0.15, 0.2) is 35.0 Å². The van der Waals surface area contributed by atoms with Gasteiger partial charge < -0.3 is 10.4 Å². The highest BCUT2D eigenvalue weighted by Crippen LogP contribution is 2.29. The number of nitrogens with zero attached hydrogens (tertiary/aromatic N) is 1. The number of phenolic OH excluding ortho intramolecular Hbond substituents is 1. The molecule has 18 heavy (non-hydrogen) atoms. The number of nitro benzene ring substituents is 1. The SMILES string of the molecule is O=C(Nc1ccsc1)c1cccc([N+](=O)[O-])c1O. The number of benzene rings is 1. The molecule has 0 fully saturated rings. The van der Waals surface area contributed by atoms with Crippen LogP contribution in [0.1, 0.15) is 10.4 Å². The lowest BCUT2D eigenvalue weighted by Crippen LogP contribution is -2.11. The Morgan fingerprint density at radius 2 is 2.17 bits per heavy atom. The number of hydrogen-bond donors (Lipinski definition) is 2. The summed E-state index contributed by atoms with van der Waals surface area (Å²) in [6, 6.07) is 5.50. The minimum atomic E-state index is -0.739. The second kappa shape index (κ2) is 4.84. The average molecular weight is 264 g/mol. The molecule has 7 heteroatoms. The molecule has 1 aromatic heterocycles. The fourth-order valence-corrected chi connectivity index (χ4v) is 1.98. The van der Waals surface area contributed by atoms with Crippen LogP contribution in [-0.2, 0) is 0 Å². The molecule has 0 aliphatic heterocycles. The van der Waals surface area contributed by atoms with Gasteiger partial charge in [0, 0.05) is 11.4 Å². The van der Waals surface area contributed by atoms with Gasteiger partial charge in [-0.05, 0) is 17.5 Å². The summed E-state index contributed by atoms with van der Waals surface area (Å²) >= 11 is 1.40. The predicted octanol–water partition coefficient (Wildman–Crippen LogP) is 2.61. The number of anilines is 1. The number of carbonyl (C=O) groups is 1. The highest BCUT2D eigenvalue weighted by atomic mass is 32.1. The van der Waals surface area contributed by atoms with Gasteiger partial charge in [0.15, 0.2) is 0 Å². The van der Waals surface area contributed by atoms with Crippen molar-refractivity contribution in [3.05, 3.63) is 50.7 Å². The van der Waals surface area contributed by atoms with Gasteiger partial charge in [-0.2, -0.15) is 11.3 Å².